The molecule has 3 fully saturated rings. The number of hydrogen-bond donors (Lipinski definition) is 1. The minimum atomic E-state index is -1.86. The zero-order chi connectivity index (χ0) is 86.8. The van der Waals surface area contributed by atoms with Gasteiger partial charge in [-0.1, -0.05) is 380 Å². The van der Waals surface area contributed by atoms with Crippen molar-refractivity contribution >= 4 is 11.9 Å². The number of rotatable bonds is 52. The summed E-state index contributed by atoms with van der Waals surface area (Å²) < 4.78 is 109. The lowest BCUT2D eigenvalue weighted by molar-refractivity contribution is -0.378. The van der Waals surface area contributed by atoms with Gasteiger partial charge in [-0.25, -0.2) is 4.79 Å². The maximum Gasteiger partial charge on any atom is 0.338 e. The number of azide groups is 1. The van der Waals surface area contributed by atoms with Crippen LogP contribution in [0.1, 0.15) is 163 Å². The molecule has 10 aromatic rings. The van der Waals surface area contributed by atoms with Crippen LogP contribution in [0.2, 0.25) is 0 Å². The van der Waals surface area contributed by atoms with Gasteiger partial charge in [-0.05, 0) is 73.7 Å². The molecular formula is C105H121N3O18. The molecule has 0 aromatic heterocycles. The fraction of sp³-hybridized carbons (Fsp3) is 0.410. The van der Waals surface area contributed by atoms with Gasteiger partial charge in [0.15, 0.2) is 18.7 Å². The Morgan fingerprint density at radius 3 is 0.984 bits per heavy atom. The Balaban J connectivity index is 0.938. The van der Waals surface area contributed by atoms with Gasteiger partial charge in [0.25, 0.3) is 0 Å². The fourth-order valence-electron chi connectivity index (χ4n) is 16.3. The van der Waals surface area contributed by atoms with Crippen molar-refractivity contribution in [1.29, 1.82) is 0 Å². The van der Waals surface area contributed by atoms with E-state index in [4.69, 9.17) is 71.1 Å². The molecule has 2 saturated heterocycles. The highest BCUT2D eigenvalue weighted by molar-refractivity contribution is 5.91. The highest BCUT2D eigenvalue weighted by atomic mass is 16.8. The van der Waals surface area contributed by atoms with Crippen LogP contribution in [0.15, 0.2) is 302 Å². The predicted molar refractivity (Wildman–Crippen MR) is 479 cm³/mol. The number of carbonyl (C=O) groups is 2. The van der Waals surface area contributed by atoms with E-state index in [9.17, 15) is 15.4 Å². The number of esters is 2. The summed E-state index contributed by atoms with van der Waals surface area (Å²) in [4.78, 5) is 33.3. The van der Waals surface area contributed by atoms with E-state index in [1.807, 2.05) is 273 Å². The van der Waals surface area contributed by atoms with E-state index >= 15 is 4.79 Å². The average Bonchev–Trinajstić information content (AvgIpc) is 0.747. The van der Waals surface area contributed by atoms with E-state index in [-0.39, 0.29) is 91.2 Å². The largest absolute Gasteiger partial charge is 0.463 e. The lowest BCUT2D eigenvalue weighted by Gasteiger charge is -2.52. The fourth-order valence-corrected chi connectivity index (χ4v) is 16.3. The third-order valence-corrected chi connectivity index (χ3v) is 23.1. The van der Waals surface area contributed by atoms with Crippen LogP contribution in [0, 0.1) is 0 Å². The number of aliphatic hydroxyl groups is 1. The van der Waals surface area contributed by atoms with Crippen LogP contribution >= 0.6 is 0 Å². The number of ether oxygens (including phenoxy) is 15. The number of hydrogen-bond acceptors (Lipinski definition) is 19. The van der Waals surface area contributed by atoms with Crippen LogP contribution in [0.4, 0.5) is 0 Å². The lowest BCUT2D eigenvalue weighted by atomic mass is 9.83. The van der Waals surface area contributed by atoms with E-state index in [2.05, 4.69) is 16.9 Å². The Morgan fingerprint density at radius 2 is 0.619 bits per heavy atom. The highest BCUT2D eigenvalue weighted by Gasteiger charge is 2.60. The van der Waals surface area contributed by atoms with Gasteiger partial charge in [0, 0.05) is 11.3 Å². The Morgan fingerprint density at radius 1 is 0.333 bits per heavy atom. The van der Waals surface area contributed by atoms with E-state index in [0.29, 0.717) is 12.0 Å². The van der Waals surface area contributed by atoms with Gasteiger partial charge in [0.2, 0.25) is 0 Å². The third-order valence-electron chi connectivity index (χ3n) is 23.1. The Kier molecular flexibility index (Phi) is 38.8. The summed E-state index contributed by atoms with van der Waals surface area (Å²) >= 11 is 0. The maximum atomic E-state index is 15.8. The first-order valence-corrected chi connectivity index (χ1v) is 44.8. The van der Waals surface area contributed by atoms with Crippen LogP contribution in [-0.4, -0.2) is 128 Å². The molecule has 1 aliphatic carbocycles. The van der Waals surface area contributed by atoms with Gasteiger partial charge in [0.1, 0.15) is 86.0 Å². The highest BCUT2D eigenvalue weighted by Crippen LogP contribution is 2.42. The summed E-state index contributed by atoms with van der Waals surface area (Å²) in [7, 11) is 0. The van der Waals surface area contributed by atoms with Gasteiger partial charge >= 0.3 is 11.9 Å². The predicted octanol–water partition coefficient (Wildman–Crippen LogP) is 20.5. The second kappa shape index (κ2) is 52.2. The molecule has 16 atom stereocenters. The smallest absolute Gasteiger partial charge is 0.338 e. The van der Waals surface area contributed by atoms with E-state index in [1.54, 1.807) is 24.3 Å². The number of nitrogens with zero attached hydrogens (tertiary/aromatic N) is 3. The molecule has 2 heterocycles. The van der Waals surface area contributed by atoms with Gasteiger partial charge < -0.3 is 76.2 Å². The number of benzene rings is 10. The van der Waals surface area contributed by atoms with Gasteiger partial charge in [-0.15, -0.1) is 0 Å². The molecule has 21 nitrogen and oxygen atoms in total. The Bertz CT molecular complexity index is 4730. The van der Waals surface area contributed by atoms with Crippen molar-refractivity contribution in [3.8, 4) is 0 Å². The molecule has 3 aliphatic rings. The van der Waals surface area contributed by atoms with Crippen LogP contribution in [0.5, 0.6) is 0 Å². The molecule has 0 radical (unpaired) electrons. The van der Waals surface area contributed by atoms with Crippen LogP contribution in [0.3, 0.4) is 0 Å². The summed E-state index contributed by atoms with van der Waals surface area (Å²) in [6.45, 7) is 1.98. The first kappa shape index (κ1) is 93.5. The molecule has 7 unspecified atom stereocenters. The quantitative estimate of drug-likeness (QED) is 0.0122. The van der Waals surface area contributed by atoms with Gasteiger partial charge in [0.05, 0.1) is 78.2 Å². The first-order chi connectivity index (χ1) is 62.2. The van der Waals surface area contributed by atoms with Crippen molar-refractivity contribution in [2.24, 2.45) is 5.11 Å². The molecule has 1 saturated carbocycles. The second-order valence-corrected chi connectivity index (χ2v) is 32.5. The molecule has 0 spiro atoms. The Hall–Kier alpha value is -10.1. The van der Waals surface area contributed by atoms with Crippen LogP contribution in [0.25, 0.3) is 10.4 Å². The first-order valence-electron chi connectivity index (χ1n) is 44.8. The average molecular weight is 1710 g/mol. The second-order valence-electron chi connectivity index (χ2n) is 32.5. The lowest BCUT2D eigenvalue weighted by Crippen LogP contribution is -2.71. The monoisotopic (exact) mass is 1710 g/mol. The van der Waals surface area contributed by atoms with Gasteiger partial charge in [-0.3, -0.25) is 4.79 Å². The van der Waals surface area contributed by atoms with Crippen LogP contribution in [-0.2, 0) is 142 Å². The summed E-state index contributed by atoms with van der Waals surface area (Å²) in [5, 5.41) is 18.5. The maximum absolute atomic E-state index is 15.8. The molecule has 664 valence electrons. The molecule has 2 aliphatic heterocycles. The van der Waals surface area contributed by atoms with Crippen molar-refractivity contribution in [2.45, 2.75) is 261 Å². The molecule has 13 rings (SSSR count). The molecule has 0 bridgehead atoms. The normalized spacial score (nSPS) is 22.9. The summed E-state index contributed by atoms with van der Waals surface area (Å²) in [5.41, 5.74) is 17.6. The molecule has 126 heavy (non-hydrogen) atoms. The topological polar surface area (TPSA) is 242 Å². The number of aliphatic hydroxyl groups excluding tert-OH is 1. The summed E-state index contributed by atoms with van der Waals surface area (Å²) in [5.74, 6) is -1.32. The minimum absolute atomic E-state index is 0.00255. The van der Waals surface area contributed by atoms with Gasteiger partial charge in [-0.2, -0.15) is 0 Å². The SMILES string of the molecule is CCCCCCCCCCCCCCCC(=O)OCC1O[C@H](OC2C(OCc3ccccc3)[C@H](OCc3ccccc3)[C@@H](OCc3ccccc3)C(O[C@H]3OC(COCc4ccccc4)[C@@H](OCc4ccccc4)C(OCc4ccccc4)[C@H]3OCc3ccccc3)[C@@H]2O)C(OC(=O)c2ccccc2CN=[N+]=[N-])[C@H](OCc2ccccc2)[C@@H]1OCc1ccccc1. The molecule has 1 N–H and O–H groups in total. The van der Waals surface area contributed by atoms with Crippen LogP contribution < -0.4 is 0 Å². The standard InChI is InChI=1S/C105H121N3O18/c1-2-3-4-5-6-7-8-9-10-11-12-13-41-64-90(109)113-76-89-93(115-68-79-48-27-16-28-49-79)97(117-70-81-52-31-18-32-53-81)102(124-103(111)87-63-43-42-62-86(87)65-107-108-106)105(123-89)126-95-91(110)94(98(118-71-82-54-33-19-34-55-82)100(120-73-84-58-37-21-38-59-84)99(95)119-72-83-56-35-20-36-57-83)125-104-101(121-74-85-60-39-22-40-61-85)96(116-69-80-50-29-17-30-51-80)92(114-67-78-46-25-15-26-47-78)88(122-104)75-112-66-77-44-23-14-24-45-77/h14-40,42-63,88-89,91-102,104-105,110H,2-13,41,64-76H2,1H3/t88?,89?,91-,92+,93+,94?,95?,96?,97+,98-,99?,100+,101+,102?,104+,105+/m0/s1. The van der Waals surface area contributed by atoms with E-state index in [1.165, 1.54) is 51.4 Å². The van der Waals surface area contributed by atoms with Crippen molar-refractivity contribution in [2.75, 3.05) is 13.2 Å². The Labute approximate surface area is 741 Å². The van der Waals surface area contributed by atoms with Crippen molar-refractivity contribution in [3.63, 3.8) is 0 Å². The number of carbonyl (C=O) groups excluding carboxylic acids is 2. The summed E-state index contributed by atoms with van der Waals surface area (Å²) in [6, 6.07) is 94.1. The molecular weight excluding hydrogens is 1590 g/mol. The molecule has 21 heteroatoms. The zero-order valence-electron chi connectivity index (χ0n) is 72.1. The molecule has 0 amide bonds. The van der Waals surface area contributed by atoms with Crippen molar-refractivity contribution < 1.29 is 85.7 Å². The minimum Gasteiger partial charge on any atom is -0.463 e. The van der Waals surface area contributed by atoms with Crippen molar-refractivity contribution in [3.05, 3.63) is 369 Å². The zero-order valence-corrected chi connectivity index (χ0v) is 72.1. The summed E-state index contributed by atoms with van der Waals surface area (Å²) in [6.07, 6.45) is -6.69. The molecule has 10 aromatic carbocycles. The third kappa shape index (κ3) is 29.2. The number of unbranched alkanes of at least 4 members (excludes halogenated alkanes) is 12. The van der Waals surface area contributed by atoms with E-state index < -0.39 is 110 Å². The van der Waals surface area contributed by atoms with E-state index in [0.717, 1.165) is 75.8 Å². The van der Waals surface area contributed by atoms with Crippen molar-refractivity contribution in [1.82, 2.24) is 0 Å².